The molecule has 3 heterocycles. The molecule has 0 spiro atoms. The van der Waals surface area contributed by atoms with E-state index in [1.54, 1.807) is 30.6 Å². The van der Waals surface area contributed by atoms with Gasteiger partial charge in [-0.25, -0.2) is 9.37 Å². The van der Waals surface area contributed by atoms with Crippen LogP contribution in [0.3, 0.4) is 0 Å². The lowest BCUT2D eigenvalue weighted by molar-refractivity contribution is 0.102. The number of para-hydroxylation sites is 1. The molecule has 0 aliphatic carbocycles. The third kappa shape index (κ3) is 4.15. The number of halogens is 1. The summed E-state index contributed by atoms with van der Waals surface area (Å²) in [5, 5.41) is 3.77. The summed E-state index contributed by atoms with van der Waals surface area (Å²) >= 11 is 0. The zero-order chi connectivity index (χ0) is 21.2. The third-order valence-electron chi connectivity index (χ3n) is 5.61. The molecule has 1 aliphatic rings. The van der Waals surface area contributed by atoms with Gasteiger partial charge in [0.25, 0.3) is 5.91 Å². The van der Waals surface area contributed by atoms with Gasteiger partial charge in [-0.3, -0.25) is 14.7 Å². The van der Waals surface area contributed by atoms with Crippen LogP contribution >= 0.6 is 0 Å². The van der Waals surface area contributed by atoms with E-state index in [0.717, 1.165) is 36.3 Å². The van der Waals surface area contributed by atoms with E-state index in [2.05, 4.69) is 26.3 Å². The highest BCUT2D eigenvalue weighted by molar-refractivity contribution is 6.04. The number of fused-ring (bicyclic) bond motifs is 2. The second kappa shape index (κ2) is 8.24. The number of pyridine rings is 2. The molecular weight excluding hydrogens is 391 g/mol. The molecule has 31 heavy (non-hydrogen) atoms. The van der Waals surface area contributed by atoms with Crippen molar-refractivity contribution in [3.05, 3.63) is 101 Å². The molecule has 0 unspecified atom stereocenters. The molecule has 5 rings (SSSR count). The first-order valence-electron chi connectivity index (χ1n) is 10.3. The lowest BCUT2D eigenvalue weighted by Gasteiger charge is -2.29. The number of nitrogens with zero attached hydrogens (tertiary/aromatic N) is 3. The van der Waals surface area contributed by atoms with Crippen molar-refractivity contribution in [3.8, 4) is 0 Å². The fourth-order valence-corrected chi connectivity index (χ4v) is 4.00. The van der Waals surface area contributed by atoms with Gasteiger partial charge in [-0.2, -0.15) is 0 Å². The minimum absolute atomic E-state index is 0.155. The Kier molecular flexibility index (Phi) is 5.14. The SMILES string of the molecule is O=C(Nc1ccc2c(c1)CN(Cc1ccc3cccc(F)c3n1)CC2)c1ccncc1. The predicted octanol–water partition coefficient (Wildman–Crippen LogP) is 4.58. The Morgan fingerprint density at radius 1 is 1.03 bits per heavy atom. The number of carbonyl (C=O) groups excluding carboxylic acids is 1. The summed E-state index contributed by atoms with van der Waals surface area (Å²) < 4.78 is 14.1. The molecule has 6 heteroatoms. The van der Waals surface area contributed by atoms with E-state index in [1.807, 2.05) is 30.3 Å². The fourth-order valence-electron chi connectivity index (χ4n) is 4.00. The highest BCUT2D eigenvalue weighted by Gasteiger charge is 2.18. The number of rotatable bonds is 4. The first kappa shape index (κ1) is 19.3. The van der Waals surface area contributed by atoms with E-state index in [4.69, 9.17) is 0 Å². The summed E-state index contributed by atoms with van der Waals surface area (Å²) in [7, 11) is 0. The van der Waals surface area contributed by atoms with E-state index in [0.29, 0.717) is 17.6 Å². The van der Waals surface area contributed by atoms with Crippen molar-refractivity contribution in [3.63, 3.8) is 0 Å². The molecule has 2 aromatic heterocycles. The smallest absolute Gasteiger partial charge is 0.255 e. The molecule has 0 saturated heterocycles. The molecule has 2 aromatic carbocycles. The van der Waals surface area contributed by atoms with Gasteiger partial charge in [0, 0.05) is 48.7 Å². The second-order valence-electron chi connectivity index (χ2n) is 7.75. The molecule has 0 bridgehead atoms. The van der Waals surface area contributed by atoms with Crippen LogP contribution in [0.5, 0.6) is 0 Å². The summed E-state index contributed by atoms with van der Waals surface area (Å²) in [5.41, 5.74) is 5.08. The summed E-state index contributed by atoms with van der Waals surface area (Å²) in [6.07, 6.45) is 4.13. The minimum atomic E-state index is -0.294. The number of anilines is 1. The number of nitrogens with one attached hydrogen (secondary N) is 1. The van der Waals surface area contributed by atoms with E-state index in [1.165, 1.54) is 17.2 Å². The monoisotopic (exact) mass is 412 g/mol. The Hall–Kier alpha value is -3.64. The van der Waals surface area contributed by atoms with Crippen LogP contribution in [0.2, 0.25) is 0 Å². The molecule has 0 atom stereocenters. The highest BCUT2D eigenvalue weighted by atomic mass is 19.1. The fraction of sp³-hybridized carbons (Fsp3) is 0.160. The molecule has 0 radical (unpaired) electrons. The highest BCUT2D eigenvalue weighted by Crippen LogP contribution is 2.25. The quantitative estimate of drug-likeness (QED) is 0.533. The molecule has 0 saturated carbocycles. The lowest BCUT2D eigenvalue weighted by Crippen LogP contribution is -2.30. The van der Waals surface area contributed by atoms with Crippen LogP contribution in [0.25, 0.3) is 10.9 Å². The first-order chi connectivity index (χ1) is 15.2. The molecule has 5 nitrogen and oxygen atoms in total. The molecule has 0 fully saturated rings. The normalized spacial score (nSPS) is 13.7. The van der Waals surface area contributed by atoms with Gasteiger partial charge in [-0.15, -0.1) is 0 Å². The Bertz CT molecular complexity index is 1260. The minimum Gasteiger partial charge on any atom is -0.322 e. The van der Waals surface area contributed by atoms with E-state index >= 15 is 0 Å². The van der Waals surface area contributed by atoms with Gasteiger partial charge in [0.05, 0.1) is 5.69 Å². The maximum absolute atomic E-state index is 14.1. The molecule has 1 aliphatic heterocycles. The van der Waals surface area contributed by atoms with Crippen molar-refractivity contribution in [2.24, 2.45) is 0 Å². The number of hydrogen-bond donors (Lipinski definition) is 1. The summed E-state index contributed by atoms with van der Waals surface area (Å²) in [6.45, 7) is 2.31. The van der Waals surface area contributed by atoms with Gasteiger partial charge < -0.3 is 5.32 Å². The second-order valence-corrected chi connectivity index (χ2v) is 7.75. The predicted molar refractivity (Wildman–Crippen MR) is 118 cm³/mol. The Morgan fingerprint density at radius 3 is 2.77 bits per heavy atom. The average Bonchev–Trinajstić information content (AvgIpc) is 2.80. The van der Waals surface area contributed by atoms with Crippen LogP contribution in [0, 0.1) is 5.82 Å². The number of aromatic nitrogens is 2. The standard InChI is InChI=1S/C25H21FN4O/c26-23-3-1-2-18-5-7-22(28-24(18)23)16-30-13-10-17-4-6-21(14-20(17)15-30)29-25(31)19-8-11-27-12-9-19/h1-9,11-12,14H,10,13,15-16H2,(H,29,31). The first-order valence-corrected chi connectivity index (χ1v) is 10.3. The largest absolute Gasteiger partial charge is 0.322 e. The number of carbonyl (C=O) groups is 1. The van der Waals surface area contributed by atoms with Crippen molar-refractivity contribution < 1.29 is 9.18 Å². The van der Waals surface area contributed by atoms with E-state index in [9.17, 15) is 9.18 Å². The summed E-state index contributed by atoms with van der Waals surface area (Å²) in [5.74, 6) is -0.449. The molecule has 154 valence electrons. The number of benzene rings is 2. The lowest BCUT2D eigenvalue weighted by atomic mass is 9.98. The Balaban J connectivity index is 1.31. The van der Waals surface area contributed by atoms with Crippen LogP contribution in [-0.2, 0) is 19.5 Å². The summed E-state index contributed by atoms with van der Waals surface area (Å²) in [6, 6.07) is 18.3. The van der Waals surface area contributed by atoms with Crippen LogP contribution in [0.15, 0.2) is 73.1 Å². The van der Waals surface area contributed by atoms with Crippen LogP contribution in [-0.4, -0.2) is 27.3 Å². The van der Waals surface area contributed by atoms with Crippen LogP contribution in [0.4, 0.5) is 10.1 Å². The third-order valence-corrected chi connectivity index (χ3v) is 5.61. The maximum atomic E-state index is 14.1. The summed E-state index contributed by atoms with van der Waals surface area (Å²) in [4.78, 5) is 23.2. The van der Waals surface area contributed by atoms with Crippen molar-refractivity contribution in [1.29, 1.82) is 0 Å². The van der Waals surface area contributed by atoms with E-state index < -0.39 is 0 Å². The Labute approximate surface area is 179 Å². The van der Waals surface area contributed by atoms with Gasteiger partial charge >= 0.3 is 0 Å². The Morgan fingerprint density at radius 2 is 1.90 bits per heavy atom. The van der Waals surface area contributed by atoms with Gasteiger partial charge in [0.2, 0.25) is 0 Å². The van der Waals surface area contributed by atoms with Crippen LogP contribution < -0.4 is 5.32 Å². The number of hydrogen-bond acceptors (Lipinski definition) is 4. The number of amides is 1. The van der Waals surface area contributed by atoms with Gasteiger partial charge in [-0.05, 0) is 53.9 Å². The van der Waals surface area contributed by atoms with Gasteiger partial charge in [0.15, 0.2) is 0 Å². The van der Waals surface area contributed by atoms with Gasteiger partial charge in [0.1, 0.15) is 11.3 Å². The zero-order valence-corrected chi connectivity index (χ0v) is 16.9. The maximum Gasteiger partial charge on any atom is 0.255 e. The van der Waals surface area contributed by atoms with Crippen molar-refractivity contribution in [2.75, 3.05) is 11.9 Å². The molecular formula is C25H21FN4O. The van der Waals surface area contributed by atoms with Crippen molar-refractivity contribution in [1.82, 2.24) is 14.9 Å². The molecule has 1 N–H and O–H groups in total. The van der Waals surface area contributed by atoms with Crippen molar-refractivity contribution in [2.45, 2.75) is 19.5 Å². The molecule has 4 aromatic rings. The van der Waals surface area contributed by atoms with Crippen LogP contribution in [0.1, 0.15) is 27.2 Å². The van der Waals surface area contributed by atoms with Crippen molar-refractivity contribution >= 4 is 22.5 Å². The average molecular weight is 412 g/mol. The van der Waals surface area contributed by atoms with E-state index in [-0.39, 0.29) is 11.7 Å². The zero-order valence-electron chi connectivity index (χ0n) is 16.9. The molecule has 1 amide bonds. The van der Waals surface area contributed by atoms with Gasteiger partial charge in [-0.1, -0.05) is 24.3 Å². The topological polar surface area (TPSA) is 58.1 Å².